The van der Waals surface area contributed by atoms with Gasteiger partial charge in [0.2, 0.25) is 5.91 Å². The van der Waals surface area contributed by atoms with E-state index in [-0.39, 0.29) is 12.5 Å². The van der Waals surface area contributed by atoms with Crippen LogP contribution in [0.5, 0.6) is 11.5 Å². The Kier molecular flexibility index (Phi) is 5.94. The highest BCUT2D eigenvalue weighted by Crippen LogP contribution is 2.60. The van der Waals surface area contributed by atoms with Gasteiger partial charge >= 0.3 is 6.18 Å². The number of carbonyl (C=O) groups is 1. The normalized spacial score (nSPS) is 20.8. The zero-order chi connectivity index (χ0) is 21.2. The van der Waals surface area contributed by atoms with E-state index in [1.54, 1.807) is 13.8 Å². The molecule has 1 aliphatic rings. The van der Waals surface area contributed by atoms with Crippen LogP contribution in [0, 0.1) is 17.3 Å². The number of carbonyl (C=O) groups excluding carboxylic acids is 1. The molecule has 0 heterocycles. The van der Waals surface area contributed by atoms with Crippen molar-refractivity contribution in [3.05, 3.63) is 71.3 Å². The maximum absolute atomic E-state index is 12.7. The third kappa shape index (κ3) is 5.12. The molecule has 154 valence electrons. The molecule has 0 aliphatic heterocycles. The molecule has 0 aromatic heterocycles. The summed E-state index contributed by atoms with van der Waals surface area (Å²) in [6, 6.07) is 16.6. The molecule has 3 rings (SSSR count). The van der Waals surface area contributed by atoms with Crippen LogP contribution in [-0.4, -0.2) is 12.1 Å². The third-order valence-corrected chi connectivity index (χ3v) is 5.47. The van der Waals surface area contributed by atoms with E-state index in [1.807, 2.05) is 54.6 Å². The highest BCUT2D eigenvalue weighted by Gasteiger charge is 2.61. The lowest BCUT2D eigenvalue weighted by Crippen LogP contribution is -2.26. The van der Waals surface area contributed by atoms with Crippen LogP contribution in [0.4, 0.5) is 13.2 Å². The van der Waals surface area contributed by atoms with Gasteiger partial charge in [0.05, 0.1) is 5.92 Å². The molecule has 3 nitrogen and oxygen atoms in total. The van der Waals surface area contributed by atoms with E-state index in [1.165, 1.54) is 0 Å². The number of amides is 1. The topological polar surface area (TPSA) is 38.3 Å². The van der Waals surface area contributed by atoms with Crippen molar-refractivity contribution in [2.24, 2.45) is 17.3 Å². The number of hydrogen-bond acceptors (Lipinski definition) is 2. The molecule has 0 spiro atoms. The van der Waals surface area contributed by atoms with Gasteiger partial charge in [-0.15, -0.1) is 0 Å². The number of nitrogens with one attached hydrogen (secondary N) is 1. The molecule has 1 amide bonds. The summed E-state index contributed by atoms with van der Waals surface area (Å²) < 4.78 is 43.8. The van der Waals surface area contributed by atoms with Crippen molar-refractivity contribution in [3.8, 4) is 11.5 Å². The van der Waals surface area contributed by atoms with E-state index in [0.717, 1.165) is 11.6 Å². The van der Waals surface area contributed by atoms with Crippen LogP contribution in [0.25, 0.3) is 0 Å². The quantitative estimate of drug-likeness (QED) is 0.614. The fourth-order valence-electron chi connectivity index (χ4n) is 3.38. The zero-order valence-electron chi connectivity index (χ0n) is 16.0. The second kappa shape index (κ2) is 8.11. The molecule has 1 N–H and O–H groups in total. The Balaban J connectivity index is 1.60. The Hall–Kier alpha value is -2.47. The van der Waals surface area contributed by atoms with Gasteiger partial charge in [0.15, 0.2) is 0 Å². The minimum Gasteiger partial charge on any atom is -0.457 e. The Morgan fingerprint density at radius 1 is 1.14 bits per heavy atom. The summed E-state index contributed by atoms with van der Waals surface area (Å²) in [6.45, 7) is 3.77. The van der Waals surface area contributed by atoms with Crippen LogP contribution in [0.15, 0.2) is 65.7 Å². The third-order valence-electron chi connectivity index (χ3n) is 5.13. The fourth-order valence-corrected chi connectivity index (χ4v) is 3.52. The summed E-state index contributed by atoms with van der Waals surface area (Å²) >= 11 is 5.34. The molecular weight excluding hydrogens is 403 g/mol. The summed E-state index contributed by atoms with van der Waals surface area (Å²) in [5.41, 5.74) is 0.249. The molecule has 1 aliphatic carbocycles. The predicted molar refractivity (Wildman–Crippen MR) is 106 cm³/mol. The first kappa shape index (κ1) is 21.2. The average Bonchev–Trinajstić information content (AvgIpc) is 3.20. The van der Waals surface area contributed by atoms with E-state index in [4.69, 9.17) is 16.3 Å². The lowest BCUT2D eigenvalue weighted by atomic mass is 10.1. The molecule has 2 atom stereocenters. The van der Waals surface area contributed by atoms with Crippen LogP contribution < -0.4 is 10.1 Å². The first-order chi connectivity index (χ1) is 13.6. The van der Waals surface area contributed by atoms with E-state index in [0.29, 0.717) is 11.5 Å². The van der Waals surface area contributed by atoms with Crippen molar-refractivity contribution in [2.45, 2.75) is 26.6 Å². The number of ether oxygens (including phenoxy) is 1. The van der Waals surface area contributed by atoms with Crippen molar-refractivity contribution in [1.29, 1.82) is 0 Å². The molecule has 1 fully saturated rings. The van der Waals surface area contributed by atoms with Gasteiger partial charge in [-0.1, -0.05) is 61.9 Å². The molecule has 0 radical (unpaired) electrons. The second-order valence-corrected chi connectivity index (χ2v) is 8.02. The lowest BCUT2D eigenvalue weighted by molar-refractivity contribution is -0.123. The van der Waals surface area contributed by atoms with Crippen LogP contribution in [0.2, 0.25) is 0 Å². The van der Waals surface area contributed by atoms with Crippen LogP contribution >= 0.6 is 11.6 Å². The van der Waals surface area contributed by atoms with Crippen LogP contribution in [-0.2, 0) is 11.3 Å². The monoisotopic (exact) mass is 423 g/mol. The molecular formula is C22H21ClF3NO2. The van der Waals surface area contributed by atoms with Gasteiger partial charge in [0.25, 0.3) is 0 Å². The largest absolute Gasteiger partial charge is 0.457 e. The first-order valence-electron chi connectivity index (χ1n) is 9.13. The minimum absolute atomic E-state index is 0.251. The first-order valence-corrected chi connectivity index (χ1v) is 9.51. The molecule has 2 unspecified atom stereocenters. The highest BCUT2D eigenvalue weighted by molar-refractivity contribution is 6.30. The molecule has 7 heteroatoms. The molecule has 0 bridgehead atoms. The van der Waals surface area contributed by atoms with Gasteiger partial charge < -0.3 is 10.1 Å². The Labute approximate surface area is 172 Å². The highest BCUT2D eigenvalue weighted by atomic mass is 35.5. The van der Waals surface area contributed by atoms with E-state index < -0.39 is 28.5 Å². The summed E-state index contributed by atoms with van der Waals surface area (Å²) in [5.74, 6) is -0.0685. The smallest absolute Gasteiger partial charge is 0.426 e. The van der Waals surface area contributed by atoms with E-state index in [9.17, 15) is 18.0 Å². The summed E-state index contributed by atoms with van der Waals surface area (Å²) in [6.07, 6.45) is -3.65. The molecule has 2 aromatic rings. The minimum atomic E-state index is -4.60. The predicted octanol–water partition coefficient (Wildman–Crippen LogP) is 6.05. The van der Waals surface area contributed by atoms with E-state index in [2.05, 4.69) is 5.32 Å². The number of rotatable bonds is 6. The Bertz CT molecular complexity index is 910. The lowest BCUT2D eigenvalue weighted by Gasteiger charge is -2.09. The van der Waals surface area contributed by atoms with Crippen molar-refractivity contribution in [2.75, 3.05) is 0 Å². The van der Waals surface area contributed by atoms with Gasteiger partial charge in [0.1, 0.15) is 16.5 Å². The maximum Gasteiger partial charge on any atom is 0.426 e. The molecule has 29 heavy (non-hydrogen) atoms. The number of halogens is 4. The standard InChI is InChI=1S/C22H21ClF3NO2/c1-21(2)17(12-18(23)22(24,25)26)19(21)20(28)27-13-14-7-6-10-16(11-14)29-15-8-4-3-5-9-15/h3-12,17,19H,13H2,1-2H3,(H,27,28)/b18-12-. The van der Waals surface area contributed by atoms with Gasteiger partial charge in [-0.25, -0.2) is 0 Å². The van der Waals surface area contributed by atoms with Crippen LogP contribution in [0.3, 0.4) is 0 Å². The fraction of sp³-hybridized carbons (Fsp3) is 0.318. The summed E-state index contributed by atoms with van der Waals surface area (Å²) in [5, 5.41) is 1.62. The Morgan fingerprint density at radius 3 is 2.45 bits per heavy atom. The van der Waals surface area contributed by atoms with Gasteiger partial charge in [-0.3, -0.25) is 4.79 Å². The summed E-state index contributed by atoms with van der Waals surface area (Å²) in [4.78, 5) is 12.5. The SMILES string of the molecule is CC1(C)C(/C=C(\Cl)C(F)(F)F)C1C(=O)NCc1cccc(Oc2ccccc2)c1. The van der Waals surface area contributed by atoms with E-state index >= 15 is 0 Å². The van der Waals surface area contributed by atoms with Gasteiger partial charge in [-0.05, 0) is 41.2 Å². The maximum atomic E-state index is 12.7. The van der Waals surface area contributed by atoms with Gasteiger partial charge in [0, 0.05) is 6.54 Å². The molecule has 2 aromatic carbocycles. The number of alkyl halides is 3. The zero-order valence-corrected chi connectivity index (χ0v) is 16.7. The molecule has 0 saturated heterocycles. The summed E-state index contributed by atoms with van der Waals surface area (Å²) in [7, 11) is 0. The van der Waals surface area contributed by atoms with Crippen LogP contribution in [0.1, 0.15) is 19.4 Å². The number of hydrogen-bond donors (Lipinski definition) is 1. The second-order valence-electron chi connectivity index (χ2n) is 7.62. The Morgan fingerprint density at radius 2 is 1.79 bits per heavy atom. The van der Waals surface area contributed by atoms with Crippen molar-refractivity contribution in [3.63, 3.8) is 0 Å². The van der Waals surface area contributed by atoms with Crippen molar-refractivity contribution in [1.82, 2.24) is 5.32 Å². The van der Waals surface area contributed by atoms with Crippen molar-refractivity contribution >= 4 is 17.5 Å². The number of benzene rings is 2. The number of para-hydroxylation sites is 1. The molecule has 1 saturated carbocycles. The van der Waals surface area contributed by atoms with Crippen molar-refractivity contribution < 1.29 is 22.7 Å². The van der Waals surface area contributed by atoms with Gasteiger partial charge in [-0.2, -0.15) is 13.2 Å². The average molecular weight is 424 g/mol. The number of allylic oxidation sites excluding steroid dienone is 2.